The third kappa shape index (κ3) is 4.44. The number of carbonyl (C=O) groups is 1. The van der Waals surface area contributed by atoms with Crippen molar-refractivity contribution in [2.75, 3.05) is 13.1 Å². The zero-order valence-electron chi connectivity index (χ0n) is 10.4. The van der Waals surface area contributed by atoms with Gasteiger partial charge < -0.3 is 5.32 Å². The van der Waals surface area contributed by atoms with E-state index in [1.54, 1.807) is 0 Å². The number of benzene rings is 1. The minimum Gasteiger partial charge on any atom is -0.355 e. The predicted molar refractivity (Wildman–Crippen MR) is 72.0 cm³/mol. The molecule has 0 unspecified atom stereocenters. The van der Waals surface area contributed by atoms with Gasteiger partial charge in [0.15, 0.2) is 0 Å². The molecule has 1 aromatic rings. The van der Waals surface area contributed by atoms with Crippen molar-refractivity contribution >= 4 is 33.2 Å². The lowest BCUT2D eigenvalue weighted by Crippen LogP contribution is -2.33. The molecule has 0 aromatic heterocycles. The molecular formula is C10H12ClN3O5S. The summed E-state index contributed by atoms with van der Waals surface area (Å²) in [5.41, 5.74) is -0.378. The highest BCUT2D eigenvalue weighted by Crippen LogP contribution is 2.25. The zero-order valence-corrected chi connectivity index (χ0v) is 12.0. The average Bonchev–Trinajstić information content (AvgIpc) is 2.34. The number of nitro benzene ring substituents is 1. The Hall–Kier alpha value is -1.71. The molecule has 0 heterocycles. The predicted octanol–water partition coefficient (Wildman–Crippen LogP) is 0.663. The summed E-state index contributed by atoms with van der Waals surface area (Å²) in [5, 5.41) is 12.9. The van der Waals surface area contributed by atoms with E-state index >= 15 is 0 Å². The van der Waals surface area contributed by atoms with E-state index in [0.717, 1.165) is 18.2 Å². The summed E-state index contributed by atoms with van der Waals surface area (Å²) in [6.07, 6.45) is 0. The van der Waals surface area contributed by atoms with Crippen LogP contribution < -0.4 is 10.0 Å². The van der Waals surface area contributed by atoms with Crippen molar-refractivity contribution in [2.45, 2.75) is 11.8 Å². The quantitative estimate of drug-likeness (QED) is 0.453. The molecule has 20 heavy (non-hydrogen) atoms. The van der Waals surface area contributed by atoms with E-state index in [4.69, 9.17) is 11.6 Å². The van der Waals surface area contributed by atoms with Crippen molar-refractivity contribution < 1.29 is 18.1 Å². The van der Waals surface area contributed by atoms with E-state index < -0.39 is 14.9 Å². The first-order chi connectivity index (χ1) is 9.24. The van der Waals surface area contributed by atoms with Gasteiger partial charge in [-0.1, -0.05) is 11.6 Å². The fourth-order valence-electron chi connectivity index (χ4n) is 1.31. The molecular weight excluding hydrogens is 310 g/mol. The smallest absolute Gasteiger partial charge is 0.270 e. The molecule has 0 bridgehead atoms. The summed E-state index contributed by atoms with van der Waals surface area (Å²) in [6.45, 7) is 1.34. The highest BCUT2D eigenvalue weighted by Gasteiger charge is 2.21. The second kappa shape index (κ2) is 6.64. The molecule has 0 atom stereocenters. The topological polar surface area (TPSA) is 118 Å². The first-order valence-corrected chi connectivity index (χ1v) is 7.28. The van der Waals surface area contributed by atoms with Crippen LogP contribution >= 0.6 is 11.6 Å². The zero-order chi connectivity index (χ0) is 15.3. The summed E-state index contributed by atoms with van der Waals surface area (Å²) >= 11 is 5.74. The summed E-state index contributed by atoms with van der Waals surface area (Å²) in [5.74, 6) is -0.294. The normalized spacial score (nSPS) is 11.1. The van der Waals surface area contributed by atoms with E-state index in [0.29, 0.717) is 0 Å². The van der Waals surface area contributed by atoms with Gasteiger partial charge >= 0.3 is 0 Å². The summed E-state index contributed by atoms with van der Waals surface area (Å²) in [4.78, 5) is 20.2. The van der Waals surface area contributed by atoms with Crippen molar-refractivity contribution in [3.8, 4) is 0 Å². The maximum atomic E-state index is 11.9. The average molecular weight is 322 g/mol. The van der Waals surface area contributed by atoms with Gasteiger partial charge in [0.25, 0.3) is 5.69 Å². The monoisotopic (exact) mass is 321 g/mol. The molecule has 0 saturated carbocycles. The standard InChI is InChI=1S/C10H12ClN3O5S/c1-7(15)12-4-5-13-20(18,19)10-6-8(14(16)17)2-3-9(10)11/h2-3,6,13H,4-5H2,1H3,(H,12,15). The van der Waals surface area contributed by atoms with Crippen LogP contribution in [0.25, 0.3) is 0 Å². The van der Waals surface area contributed by atoms with Crippen molar-refractivity contribution in [1.29, 1.82) is 0 Å². The molecule has 110 valence electrons. The molecule has 10 heteroatoms. The Balaban J connectivity index is 2.89. The number of nitrogens with zero attached hydrogens (tertiary/aromatic N) is 1. The van der Waals surface area contributed by atoms with E-state index in [1.165, 1.54) is 6.92 Å². The van der Waals surface area contributed by atoms with Crippen molar-refractivity contribution in [1.82, 2.24) is 10.0 Å². The Morgan fingerprint density at radius 2 is 2.05 bits per heavy atom. The number of nitro groups is 1. The molecule has 0 saturated heterocycles. The Kier molecular flexibility index (Phi) is 5.43. The number of carbonyl (C=O) groups excluding carboxylic acids is 1. The number of non-ortho nitro benzene ring substituents is 1. The van der Waals surface area contributed by atoms with Crippen LogP contribution in [0.3, 0.4) is 0 Å². The number of hydrogen-bond donors (Lipinski definition) is 2. The maximum absolute atomic E-state index is 11.9. The van der Waals surface area contributed by atoms with Crippen molar-refractivity contribution in [2.24, 2.45) is 0 Å². The van der Waals surface area contributed by atoms with E-state index in [9.17, 15) is 23.3 Å². The third-order valence-corrected chi connectivity index (χ3v) is 4.15. The van der Waals surface area contributed by atoms with Crippen molar-refractivity contribution in [3.05, 3.63) is 33.3 Å². The number of amides is 1. The highest BCUT2D eigenvalue weighted by atomic mass is 35.5. The van der Waals surface area contributed by atoms with Gasteiger partial charge in [0.1, 0.15) is 4.90 Å². The highest BCUT2D eigenvalue weighted by molar-refractivity contribution is 7.89. The Bertz CT molecular complexity index is 632. The Labute approximate surface area is 120 Å². The number of sulfonamides is 1. The minimum atomic E-state index is -3.98. The molecule has 0 spiro atoms. The Morgan fingerprint density at radius 3 is 2.60 bits per heavy atom. The summed E-state index contributed by atoms with van der Waals surface area (Å²) < 4.78 is 26.1. The molecule has 0 aliphatic carbocycles. The lowest BCUT2D eigenvalue weighted by Gasteiger charge is -2.08. The molecule has 0 aliphatic rings. The maximum Gasteiger partial charge on any atom is 0.270 e. The lowest BCUT2D eigenvalue weighted by atomic mass is 10.3. The van der Waals surface area contributed by atoms with Gasteiger partial charge in [-0.15, -0.1) is 0 Å². The van der Waals surface area contributed by atoms with E-state index in [1.807, 2.05) is 0 Å². The van der Waals surface area contributed by atoms with Gasteiger partial charge in [-0.25, -0.2) is 13.1 Å². The molecule has 0 radical (unpaired) electrons. The fourth-order valence-corrected chi connectivity index (χ4v) is 2.86. The Morgan fingerprint density at radius 1 is 1.40 bits per heavy atom. The van der Waals surface area contributed by atoms with Gasteiger partial charge in [0.05, 0.1) is 9.95 Å². The van der Waals surface area contributed by atoms with Gasteiger partial charge in [-0.05, 0) is 6.07 Å². The van der Waals surface area contributed by atoms with Crippen LogP contribution in [0, 0.1) is 10.1 Å². The van der Waals surface area contributed by atoms with Crippen molar-refractivity contribution in [3.63, 3.8) is 0 Å². The molecule has 1 rings (SSSR count). The van der Waals surface area contributed by atoms with Gasteiger partial charge in [0, 0.05) is 32.1 Å². The van der Waals surface area contributed by atoms with E-state index in [2.05, 4.69) is 10.0 Å². The first-order valence-electron chi connectivity index (χ1n) is 5.42. The number of hydrogen-bond acceptors (Lipinski definition) is 5. The molecule has 0 fully saturated rings. The van der Waals surface area contributed by atoms with Crippen LogP contribution in [0.15, 0.2) is 23.1 Å². The summed E-state index contributed by atoms with van der Waals surface area (Å²) in [6, 6.07) is 3.13. The number of rotatable bonds is 6. The van der Waals surface area contributed by atoms with Crippen LogP contribution in [0.5, 0.6) is 0 Å². The van der Waals surface area contributed by atoms with Crippen LogP contribution in [0.2, 0.25) is 5.02 Å². The van der Waals surface area contributed by atoms with Gasteiger partial charge in [0.2, 0.25) is 15.9 Å². The molecule has 8 nitrogen and oxygen atoms in total. The van der Waals surface area contributed by atoms with Gasteiger partial charge in [-0.2, -0.15) is 0 Å². The van der Waals surface area contributed by atoms with Crippen LogP contribution in [0.4, 0.5) is 5.69 Å². The first kappa shape index (κ1) is 16.3. The third-order valence-electron chi connectivity index (χ3n) is 2.21. The van der Waals surface area contributed by atoms with Crippen LogP contribution in [-0.2, 0) is 14.8 Å². The second-order valence-electron chi connectivity index (χ2n) is 3.75. The lowest BCUT2D eigenvalue weighted by molar-refractivity contribution is -0.385. The fraction of sp³-hybridized carbons (Fsp3) is 0.300. The molecule has 1 amide bonds. The summed E-state index contributed by atoms with van der Waals surface area (Å²) in [7, 11) is -3.98. The number of nitrogens with one attached hydrogen (secondary N) is 2. The second-order valence-corrected chi connectivity index (χ2v) is 5.90. The molecule has 0 aliphatic heterocycles. The van der Waals surface area contributed by atoms with E-state index in [-0.39, 0.29) is 34.6 Å². The van der Waals surface area contributed by atoms with Gasteiger partial charge in [-0.3, -0.25) is 14.9 Å². The van der Waals surface area contributed by atoms with Crippen LogP contribution in [-0.4, -0.2) is 32.3 Å². The minimum absolute atomic E-state index is 0.0546. The SMILES string of the molecule is CC(=O)NCCNS(=O)(=O)c1cc([N+](=O)[O-])ccc1Cl. The molecule has 1 aromatic carbocycles. The largest absolute Gasteiger partial charge is 0.355 e. The molecule has 2 N–H and O–H groups in total. The van der Waals surface area contributed by atoms with Crippen LogP contribution in [0.1, 0.15) is 6.92 Å². The number of halogens is 1.